The van der Waals surface area contributed by atoms with Gasteiger partial charge in [-0.1, -0.05) is 103 Å². The molecule has 0 aromatic carbocycles. The highest BCUT2D eigenvalue weighted by molar-refractivity contribution is 5.22. The minimum atomic E-state index is 0.954. The maximum atomic E-state index is 3.01. The van der Waals surface area contributed by atoms with Gasteiger partial charge in [0.05, 0.1) is 0 Å². The molecular formula is C51H82. The Kier molecular flexibility index (Phi) is 10.3. The highest BCUT2D eigenvalue weighted by Gasteiger charge is 2.59. The maximum Gasteiger partial charge on any atom is -0.0138 e. The van der Waals surface area contributed by atoms with Crippen molar-refractivity contribution >= 4 is 0 Å². The normalized spacial score (nSPS) is 54.1. The van der Waals surface area contributed by atoms with Gasteiger partial charge in [-0.05, 0) is 215 Å². The van der Waals surface area contributed by atoms with Crippen LogP contribution in [0.1, 0.15) is 194 Å². The van der Waals surface area contributed by atoms with E-state index in [1.54, 1.807) is 167 Å². The molecule has 10 saturated carbocycles. The van der Waals surface area contributed by atoms with Crippen LogP contribution in [-0.4, -0.2) is 0 Å². The fraction of sp³-hybridized carbons (Fsp3) is 0.961. The zero-order chi connectivity index (χ0) is 34.1. The smallest absolute Gasteiger partial charge is 0.0138 e. The van der Waals surface area contributed by atoms with Crippen LogP contribution >= 0.6 is 0 Å². The molecule has 0 saturated heterocycles. The molecule has 0 N–H and O–H groups in total. The summed E-state index contributed by atoms with van der Waals surface area (Å²) >= 11 is 0. The summed E-state index contributed by atoms with van der Waals surface area (Å²) in [4.78, 5) is 0. The molecular weight excluding hydrogens is 613 g/mol. The van der Waals surface area contributed by atoms with Crippen LogP contribution in [0.5, 0.6) is 0 Å². The summed E-state index contributed by atoms with van der Waals surface area (Å²) < 4.78 is 0. The molecule has 0 aromatic heterocycles. The number of unbranched alkanes of at least 4 members (excludes halogenated alkanes) is 1. The van der Waals surface area contributed by atoms with E-state index >= 15 is 0 Å². The lowest BCUT2D eigenvalue weighted by atomic mass is 9.44. The van der Waals surface area contributed by atoms with E-state index in [-0.39, 0.29) is 0 Å². The fourth-order valence-electron chi connectivity index (χ4n) is 19.3. The molecule has 0 amide bonds. The molecule has 10 fully saturated rings. The number of fused-ring (bicyclic) bond motifs is 3. The highest BCUT2D eigenvalue weighted by atomic mass is 14.6. The SMILES string of the molecule is CCC/C=C(/C1CC2CCC3CCC(C)C4CCC(C1)C2C34)C1C2CCCCC2C(C2CCCCC2C2CCCC3CCCCC32)C2CCCC21. The van der Waals surface area contributed by atoms with Gasteiger partial charge in [0, 0.05) is 0 Å². The summed E-state index contributed by atoms with van der Waals surface area (Å²) in [7, 11) is 0. The molecule has 0 heteroatoms. The van der Waals surface area contributed by atoms with Gasteiger partial charge in [-0.25, -0.2) is 0 Å². The van der Waals surface area contributed by atoms with Gasteiger partial charge in [0.1, 0.15) is 0 Å². The molecule has 19 unspecified atom stereocenters. The Morgan fingerprint density at radius 2 is 0.922 bits per heavy atom. The lowest BCUT2D eigenvalue weighted by molar-refractivity contribution is -0.107. The number of hydrogen-bond acceptors (Lipinski definition) is 0. The minimum absolute atomic E-state index is 0.954. The topological polar surface area (TPSA) is 0 Å². The van der Waals surface area contributed by atoms with Crippen molar-refractivity contribution in [2.75, 3.05) is 0 Å². The summed E-state index contributed by atoms with van der Waals surface area (Å²) in [6.45, 7) is 5.15. The Balaban J connectivity index is 0.956. The molecule has 0 nitrogen and oxygen atoms in total. The summed E-state index contributed by atoms with van der Waals surface area (Å²) in [5.74, 6) is 20.5. The second-order valence-corrected chi connectivity index (χ2v) is 22.4. The first kappa shape index (κ1) is 35.2. The third-order valence-corrected chi connectivity index (χ3v) is 20.7. The van der Waals surface area contributed by atoms with Crippen molar-refractivity contribution in [2.45, 2.75) is 194 Å². The van der Waals surface area contributed by atoms with Crippen LogP contribution in [0.3, 0.4) is 0 Å². The highest BCUT2D eigenvalue weighted by Crippen LogP contribution is 2.67. The Hall–Kier alpha value is -0.260. The average Bonchev–Trinajstić information content (AvgIpc) is 3.66. The molecule has 0 aliphatic heterocycles. The molecule has 0 spiro atoms. The summed E-state index contributed by atoms with van der Waals surface area (Å²) in [5.41, 5.74) is 2.14. The van der Waals surface area contributed by atoms with Gasteiger partial charge in [-0.3, -0.25) is 0 Å². The Bertz CT molecular complexity index is 1200. The molecule has 10 aliphatic carbocycles. The zero-order valence-electron chi connectivity index (χ0n) is 33.8. The van der Waals surface area contributed by atoms with Gasteiger partial charge in [-0.2, -0.15) is 0 Å². The number of allylic oxidation sites excluding steroid dienone is 2. The lowest BCUT2D eigenvalue weighted by Crippen LogP contribution is -2.54. The van der Waals surface area contributed by atoms with Crippen LogP contribution in [0, 0.1) is 112 Å². The van der Waals surface area contributed by atoms with Crippen molar-refractivity contribution in [3.8, 4) is 0 Å². The van der Waals surface area contributed by atoms with Crippen molar-refractivity contribution < 1.29 is 0 Å². The standard InChI is InChI=1S/C51H82/c1-3-4-15-40(37-30-35-27-26-34-25-24-32(2)38-29-28-36(31-37)48(35)49(34)38)50-44-19-9-10-20-45(44)51(47-23-12-22-46(47)50)43-18-8-7-17-42(43)41-21-11-14-33-13-5-6-16-39(33)41/h15,32-39,41-51H,3-14,16-31H2,1-2H3/b40-15-. The lowest BCUT2D eigenvalue weighted by Gasteiger charge is -2.61. The zero-order valence-corrected chi connectivity index (χ0v) is 33.8. The largest absolute Gasteiger partial charge is 0.0848 e. The van der Waals surface area contributed by atoms with Gasteiger partial charge in [0.2, 0.25) is 0 Å². The van der Waals surface area contributed by atoms with Crippen molar-refractivity contribution in [2.24, 2.45) is 112 Å². The minimum Gasteiger partial charge on any atom is -0.0848 e. The van der Waals surface area contributed by atoms with Crippen molar-refractivity contribution in [1.29, 1.82) is 0 Å². The second-order valence-electron chi connectivity index (χ2n) is 22.4. The van der Waals surface area contributed by atoms with Gasteiger partial charge in [0.15, 0.2) is 0 Å². The first-order valence-corrected chi connectivity index (χ1v) is 24.9. The molecule has 0 aromatic rings. The molecule has 0 bridgehead atoms. The van der Waals surface area contributed by atoms with E-state index in [2.05, 4.69) is 25.5 Å². The first-order chi connectivity index (χ1) is 25.2. The Morgan fingerprint density at radius 1 is 0.412 bits per heavy atom. The van der Waals surface area contributed by atoms with Crippen LogP contribution in [0.15, 0.2) is 11.6 Å². The van der Waals surface area contributed by atoms with Crippen molar-refractivity contribution in [3.63, 3.8) is 0 Å². The average molecular weight is 695 g/mol. The monoisotopic (exact) mass is 695 g/mol. The van der Waals surface area contributed by atoms with Crippen molar-refractivity contribution in [1.82, 2.24) is 0 Å². The molecule has 10 aliphatic rings. The van der Waals surface area contributed by atoms with E-state index in [9.17, 15) is 0 Å². The molecule has 286 valence electrons. The second kappa shape index (κ2) is 15.0. The van der Waals surface area contributed by atoms with Crippen LogP contribution in [-0.2, 0) is 0 Å². The molecule has 0 heterocycles. The Labute approximate surface area is 316 Å². The van der Waals surface area contributed by atoms with E-state index in [1.807, 2.05) is 0 Å². The van der Waals surface area contributed by atoms with Gasteiger partial charge < -0.3 is 0 Å². The molecule has 10 rings (SSSR count). The van der Waals surface area contributed by atoms with Gasteiger partial charge >= 0.3 is 0 Å². The number of hydrogen-bond donors (Lipinski definition) is 0. The predicted octanol–water partition coefficient (Wildman–Crippen LogP) is 14.7. The quantitative estimate of drug-likeness (QED) is 0.243. The molecule has 0 radical (unpaired) electrons. The predicted molar refractivity (Wildman–Crippen MR) is 215 cm³/mol. The van der Waals surface area contributed by atoms with E-state index in [4.69, 9.17) is 0 Å². The summed E-state index contributed by atoms with van der Waals surface area (Å²) in [5, 5.41) is 0. The third-order valence-electron chi connectivity index (χ3n) is 20.7. The van der Waals surface area contributed by atoms with Crippen LogP contribution in [0.25, 0.3) is 0 Å². The third kappa shape index (κ3) is 6.15. The molecule has 19 atom stereocenters. The van der Waals surface area contributed by atoms with Crippen LogP contribution in [0.4, 0.5) is 0 Å². The Morgan fingerprint density at radius 3 is 1.69 bits per heavy atom. The summed E-state index contributed by atoms with van der Waals surface area (Å²) in [6.07, 6.45) is 47.2. The first-order valence-electron chi connectivity index (χ1n) is 24.9. The van der Waals surface area contributed by atoms with E-state index in [0.717, 1.165) is 112 Å². The fourth-order valence-corrected chi connectivity index (χ4v) is 19.3. The number of rotatable bonds is 6. The maximum absolute atomic E-state index is 3.01. The molecule has 51 heavy (non-hydrogen) atoms. The van der Waals surface area contributed by atoms with Crippen LogP contribution in [0.2, 0.25) is 0 Å². The van der Waals surface area contributed by atoms with E-state index < -0.39 is 0 Å². The van der Waals surface area contributed by atoms with Crippen molar-refractivity contribution in [3.05, 3.63) is 11.6 Å². The van der Waals surface area contributed by atoms with E-state index in [0.29, 0.717) is 0 Å². The van der Waals surface area contributed by atoms with Gasteiger partial charge in [-0.15, -0.1) is 0 Å². The summed E-state index contributed by atoms with van der Waals surface area (Å²) in [6, 6.07) is 0. The van der Waals surface area contributed by atoms with Crippen LogP contribution < -0.4 is 0 Å². The van der Waals surface area contributed by atoms with E-state index in [1.165, 1.54) is 12.8 Å². The van der Waals surface area contributed by atoms with Gasteiger partial charge in [0.25, 0.3) is 0 Å².